The monoisotopic (exact) mass is 399 g/mol. The van der Waals surface area contributed by atoms with Gasteiger partial charge < -0.3 is 19.3 Å². The summed E-state index contributed by atoms with van der Waals surface area (Å²) in [6.07, 6.45) is 6.10. The van der Waals surface area contributed by atoms with Crippen molar-refractivity contribution in [2.75, 3.05) is 14.2 Å². The predicted octanol–water partition coefficient (Wildman–Crippen LogP) is 3.63. The first-order chi connectivity index (χ1) is 14.1. The van der Waals surface area contributed by atoms with Crippen LogP contribution in [0.3, 0.4) is 0 Å². The lowest BCUT2D eigenvalue weighted by Crippen LogP contribution is -2.40. The third kappa shape index (κ3) is 4.23. The molecule has 156 valence electrons. The molecule has 2 aromatic rings. The highest BCUT2D eigenvalue weighted by atomic mass is 16.5. The fraction of sp³-hybridized carbons (Fsp3) is 0.591. The van der Waals surface area contributed by atoms with Crippen LogP contribution in [0.1, 0.15) is 44.9 Å². The summed E-state index contributed by atoms with van der Waals surface area (Å²) in [6, 6.07) is 5.69. The van der Waals surface area contributed by atoms with E-state index in [0.29, 0.717) is 42.0 Å². The molecule has 0 unspecified atom stereocenters. The van der Waals surface area contributed by atoms with Crippen LogP contribution in [0.2, 0.25) is 0 Å². The summed E-state index contributed by atoms with van der Waals surface area (Å²) in [5.41, 5.74) is 0.770. The molecule has 2 aliphatic carbocycles. The Kier molecular flexibility index (Phi) is 5.74. The Labute approximate surface area is 171 Å². The molecule has 0 spiro atoms. The first kappa shape index (κ1) is 19.7. The molecule has 7 heteroatoms. The van der Waals surface area contributed by atoms with E-state index in [1.165, 1.54) is 25.7 Å². The quantitative estimate of drug-likeness (QED) is 0.729. The molecule has 1 aromatic heterocycles. The van der Waals surface area contributed by atoms with E-state index in [-0.39, 0.29) is 11.9 Å². The number of methoxy groups -OCH3 is 2. The zero-order valence-electron chi connectivity index (χ0n) is 17.3. The Balaban J connectivity index is 1.31. The number of carbonyl (C=O) groups excluding carboxylic acids is 1. The highest BCUT2D eigenvalue weighted by Gasteiger charge is 2.42. The van der Waals surface area contributed by atoms with Crippen LogP contribution in [-0.4, -0.2) is 36.3 Å². The van der Waals surface area contributed by atoms with E-state index in [0.717, 1.165) is 17.4 Å². The van der Waals surface area contributed by atoms with Gasteiger partial charge in [-0.1, -0.05) is 11.6 Å². The van der Waals surface area contributed by atoms with Crippen LogP contribution in [0, 0.1) is 17.8 Å². The molecule has 2 bridgehead atoms. The average molecular weight is 399 g/mol. The first-order valence-corrected chi connectivity index (χ1v) is 10.4. The summed E-state index contributed by atoms with van der Waals surface area (Å²) in [5, 5.41) is 7.21. The molecule has 2 saturated carbocycles. The smallest absolute Gasteiger partial charge is 0.227 e. The molecule has 1 amide bonds. The largest absolute Gasteiger partial charge is 0.493 e. The van der Waals surface area contributed by atoms with Gasteiger partial charge in [-0.25, -0.2) is 0 Å². The molecule has 2 aliphatic rings. The van der Waals surface area contributed by atoms with Crippen molar-refractivity contribution in [3.8, 4) is 22.9 Å². The van der Waals surface area contributed by atoms with E-state index in [2.05, 4.69) is 22.4 Å². The Morgan fingerprint density at radius 2 is 2.07 bits per heavy atom. The van der Waals surface area contributed by atoms with Crippen LogP contribution in [0.15, 0.2) is 22.7 Å². The van der Waals surface area contributed by atoms with E-state index in [4.69, 9.17) is 14.0 Å². The number of aryl methyl sites for hydroxylation is 1. The molecule has 0 saturated heterocycles. The lowest BCUT2D eigenvalue weighted by atomic mass is 9.84. The summed E-state index contributed by atoms with van der Waals surface area (Å²) >= 11 is 0. The maximum atomic E-state index is 12.4. The normalized spacial score (nSPS) is 23.8. The van der Waals surface area contributed by atoms with Crippen molar-refractivity contribution in [1.82, 2.24) is 15.5 Å². The summed E-state index contributed by atoms with van der Waals surface area (Å²) in [5.74, 6) is 4.54. The molecular weight excluding hydrogens is 370 g/mol. The molecular formula is C22H29N3O4. The van der Waals surface area contributed by atoms with Gasteiger partial charge in [0.2, 0.25) is 17.6 Å². The van der Waals surface area contributed by atoms with Gasteiger partial charge in [-0.15, -0.1) is 0 Å². The molecule has 1 aromatic carbocycles. The lowest BCUT2D eigenvalue weighted by molar-refractivity contribution is -0.122. The third-order valence-electron chi connectivity index (χ3n) is 6.50. The van der Waals surface area contributed by atoms with Crippen molar-refractivity contribution >= 4 is 5.91 Å². The number of hydrogen-bond acceptors (Lipinski definition) is 6. The lowest BCUT2D eigenvalue weighted by Gasteiger charge is -2.28. The van der Waals surface area contributed by atoms with E-state index >= 15 is 0 Å². The SMILES string of the molecule is COc1ccc(-c2noc(CCC(=O)N[C@H](C)[C@@H]3C[C@H]4CC[C@H]3C4)n2)cc1OC. The van der Waals surface area contributed by atoms with Gasteiger partial charge >= 0.3 is 0 Å². The van der Waals surface area contributed by atoms with Crippen LogP contribution in [0.5, 0.6) is 11.5 Å². The minimum Gasteiger partial charge on any atom is -0.493 e. The van der Waals surface area contributed by atoms with Crippen molar-refractivity contribution in [2.24, 2.45) is 17.8 Å². The number of hydrogen-bond donors (Lipinski definition) is 1. The van der Waals surface area contributed by atoms with Gasteiger partial charge in [0.05, 0.1) is 14.2 Å². The molecule has 29 heavy (non-hydrogen) atoms. The standard InChI is InChI=1S/C22H29N3O4/c1-13(17-11-14-4-5-15(17)10-14)23-20(26)8-9-21-24-22(25-29-21)16-6-7-18(27-2)19(12-16)28-3/h6-7,12-15,17H,4-5,8-11H2,1-3H3,(H,23,26)/t13-,14+,15+,17+/m1/s1. The van der Waals surface area contributed by atoms with E-state index in [9.17, 15) is 4.79 Å². The van der Waals surface area contributed by atoms with Crippen LogP contribution in [0.25, 0.3) is 11.4 Å². The number of aromatic nitrogens is 2. The van der Waals surface area contributed by atoms with Crippen molar-refractivity contribution in [2.45, 2.75) is 51.5 Å². The summed E-state index contributed by atoms with van der Waals surface area (Å²) < 4.78 is 15.9. The molecule has 2 fully saturated rings. The molecule has 4 atom stereocenters. The summed E-state index contributed by atoms with van der Waals surface area (Å²) in [7, 11) is 3.17. The van der Waals surface area contributed by atoms with Crippen LogP contribution in [-0.2, 0) is 11.2 Å². The number of fused-ring (bicyclic) bond motifs is 2. The average Bonchev–Trinajstić information content (AvgIpc) is 3.48. The second kappa shape index (κ2) is 8.43. The van der Waals surface area contributed by atoms with Gasteiger partial charge in [-0.2, -0.15) is 4.98 Å². The van der Waals surface area contributed by atoms with Crippen LogP contribution >= 0.6 is 0 Å². The molecule has 1 N–H and O–H groups in total. The van der Waals surface area contributed by atoms with E-state index in [1.54, 1.807) is 26.4 Å². The van der Waals surface area contributed by atoms with Crippen molar-refractivity contribution < 1.29 is 18.8 Å². The van der Waals surface area contributed by atoms with Gasteiger partial charge in [0, 0.05) is 24.4 Å². The minimum atomic E-state index is 0.0474. The summed E-state index contributed by atoms with van der Waals surface area (Å²) in [4.78, 5) is 16.8. The van der Waals surface area contributed by atoms with Gasteiger partial charge in [0.1, 0.15) is 0 Å². The maximum Gasteiger partial charge on any atom is 0.227 e. The second-order valence-electron chi connectivity index (χ2n) is 8.28. The van der Waals surface area contributed by atoms with Gasteiger partial charge in [-0.05, 0) is 62.1 Å². The zero-order valence-corrected chi connectivity index (χ0v) is 17.3. The molecule has 7 nitrogen and oxygen atoms in total. The minimum absolute atomic E-state index is 0.0474. The Bertz CT molecular complexity index is 865. The Hall–Kier alpha value is -2.57. The second-order valence-corrected chi connectivity index (χ2v) is 8.28. The number of nitrogens with zero attached hydrogens (tertiary/aromatic N) is 2. The Morgan fingerprint density at radius 1 is 1.24 bits per heavy atom. The van der Waals surface area contributed by atoms with Crippen LogP contribution < -0.4 is 14.8 Å². The number of nitrogens with one attached hydrogen (secondary N) is 1. The highest BCUT2D eigenvalue weighted by molar-refractivity contribution is 5.76. The fourth-order valence-corrected chi connectivity index (χ4v) is 5.01. The maximum absolute atomic E-state index is 12.4. The van der Waals surface area contributed by atoms with Gasteiger partial charge in [0.25, 0.3) is 0 Å². The van der Waals surface area contributed by atoms with Gasteiger partial charge in [-0.3, -0.25) is 4.79 Å². The molecule has 1 heterocycles. The van der Waals surface area contributed by atoms with Crippen LogP contribution in [0.4, 0.5) is 0 Å². The number of carbonyl (C=O) groups is 1. The van der Waals surface area contributed by atoms with Gasteiger partial charge in [0.15, 0.2) is 11.5 Å². The number of benzene rings is 1. The number of amides is 1. The molecule has 4 rings (SSSR count). The van der Waals surface area contributed by atoms with Crippen molar-refractivity contribution in [3.63, 3.8) is 0 Å². The highest BCUT2D eigenvalue weighted by Crippen LogP contribution is 2.49. The topological polar surface area (TPSA) is 86.5 Å². The Morgan fingerprint density at radius 3 is 2.76 bits per heavy atom. The number of ether oxygens (including phenoxy) is 2. The molecule has 0 radical (unpaired) electrons. The number of rotatable bonds is 8. The predicted molar refractivity (Wildman–Crippen MR) is 108 cm³/mol. The van der Waals surface area contributed by atoms with Crippen molar-refractivity contribution in [1.29, 1.82) is 0 Å². The third-order valence-corrected chi connectivity index (χ3v) is 6.50. The fourth-order valence-electron chi connectivity index (χ4n) is 5.01. The first-order valence-electron chi connectivity index (χ1n) is 10.4. The molecule has 0 aliphatic heterocycles. The van der Waals surface area contributed by atoms with Crippen molar-refractivity contribution in [3.05, 3.63) is 24.1 Å². The zero-order chi connectivity index (χ0) is 20.4. The van der Waals surface area contributed by atoms with E-state index < -0.39 is 0 Å². The van der Waals surface area contributed by atoms with E-state index in [1.807, 2.05) is 6.07 Å². The summed E-state index contributed by atoms with van der Waals surface area (Å²) in [6.45, 7) is 2.14.